The van der Waals surface area contributed by atoms with Crippen LogP contribution < -0.4 is 5.32 Å². The van der Waals surface area contributed by atoms with Gasteiger partial charge >= 0.3 is 5.97 Å². The maximum atomic E-state index is 10.7. The van der Waals surface area contributed by atoms with E-state index in [1.807, 2.05) is 0 Å². The second-order valence-corrected chi connectivity index (χ2v) is 5.46. The third kappa shape index (κ3) is 2.87. The maximum absolute atomic E-state index is 10.7. The topological polar surface area (TPSA) is 62.2 Å². The summed E-state index contributed by atoms with van der Waals surface area (Å²) in [6.45, 7) is 0. The van der Waals surface area contributed by atoms with Gasteiger partial charge in [0.1, 0.15) is 4.88 Å². The molecule has 94 valence electrons. The van der Waals surface area contributed by atoms with Crippen LogP contribution in [0.5, 0.6) is 0 Å². The zero-order valence-corrected chi connectivity index (χ0v) is 11.7. The van der Waals surface area contributed by atoms with E-state index in [4.69, 9.17) is 39.9 Å². The molecule has 0 amide bonds. The van der Waals surface area contributed by atoms with Gasteiger partial charge in [-0.1, -0.05) is 46.1 Å². The second-order valence-electron chi connectivity index (χ2n) is 3.21. The molecule has 1 aromatic heterocycles. The van der Waals surface area contributed by atoms with Gasteiger partial charge < -0.3 is 10.4 Å². The molecule has 0 atom stereocenters. The number of carbonyl (C=O) groups is 1. The van der Waals surface area contributed by atoms with Crippen LogP contribution in [0.2, 0.25) is 15.1 Å². The Morgan fingerprint density at radius 2 is 1.89 bits per heavy atom. The fraction of sp³-hybridized carbons (Fsp3) is 0. The number of aromatic nitrogens is 1. The summed E-state index contributed by atoms with van der Waals surface area (Å²) in [7, 11) is 0. The first-order chi connectivity index (χ1) is 8.47. The van der Waals surface area contributed by atoms with Crippen molar-refractivity contribution in [3.05, 3.63) is 38.3 Å². The van der Waals surface area contributed by atoms with Gasteiger partial charge in [0.25, 0.3) is 0 Å². The number of aromatic carboxylic acids is 1. The summed E-state index contributed by atoms with van der Waals surface area (Å²) in [5.74, 6) is -1.03. The van der Waals surface area contributed by atoms with Gasteiger partial charge in [0.2, 0.25) is 0 Å². The van der Waals surface area contributed by atoms with Crippen LogP contribution in [0, 0.1) is 0 Å². The lowest BCUT2D eigenvalue weighted by atomic mass is 10.3. The normalized spacial score (nSPS) is 10.4. The molecule has 8 heteroatoms. The van der Waals surface area contributed by atoms with E-state index < -0.39 is 5.97 Å². The number of hydrogen-bond acceptors (Lipinski definition) is 4. The summed E-state index contributed by atoms with van der Waals surface area (Å²) >= 11 is 18.6. The molecule has 0 aliphatic heterocycles. The molecule has 0 bridgehead atoms. The minimum Gasteiger partial charge on any atom is -0.477 e. The van der Waals surface area contributed by atoms with Crippen LogP contribution in [-0.2, 0) is 0 Å². The van der Waals surface area contributed by atoms with Crippen molar-refractivity contribution in [2.75, 3.05) is 5.32 Å². The van der Waals surface area contributed by atoms with Gasteiger partial charge in [0, 0.05) is 0 Å². The maximum Gasteiger partial charge on any atom is 0.347 e. The van der Waals surface area contributed by atoms with Gasteiger partial charge in [0.05, 0.1) is 27.0 Å². The van der Waals surface area contributed by atoms with Crippen LogP contribution in [0.3, 0.4) is 0 Å². The molecule has 2 aromatic rings. The van der Waals surface area contributed by atoms with Gasteiger partial charge in [-0.25, -0.2) is 9.78 Å². The highest BCUT2D eigenvalue weighted by molar-refractivity contribution is 7.17. The summed E-state index contributed by atoms with van der Waals surface area (Å²) in [6, 6.07) is 3.05. The molecule has 2 rings (SSSR count). The van der Waals surface area contributed by atoms with E-state index in [1.165, 1.54) is 12.3 Å². The van der Waals surface area contributed by atoms with Crippen LogP contribution in [-0.4, -0.2) is 16.1 Å². The number of hydrogen-bond donors (Lipinski definition) is 2. The Morgan fingerprint density at radius 3 is 2.50 bits per heavy atom. The first-order valence-electron chi connectivity index (χ1n) is 4.58. The quantitative estimate of drug-likeness (QED) is 0.814. The Bertz CT molecular complexity index is 615. The Balaban J connectivity index is 2.28. The summed E-state index contributed by atoms with van der Waals surface area (Å²) in [4.78, 5) is 14.8. The van der Waals surface area contributed by atoms with E-state index >= 15 is 0 Å². The lowest BCUT2D eigenvalue weighted by Gasteiger charge is -2.06. The molecular weight excluding hydrogens is 319 g/mol. The zero-order valence-electron chi connectivity index (χ0n) is 8.58. The van der Waals surface area contributed by atoms with Gasteiger partial charge in [-0.05, 0) is 12.1 Å². The number of carboxylic acids is 1. The molecule has 1 heterocycles. The van der Waals surface area contributed by atoms with E-state index in [2.05, 4.69) is 10.3 Å². The third-order valence-corrected chi connectivity index (χ3v) is 3.90. The van der Waals surface area contributed by atoms with Crippen LogP contribution in [0.25, 0.3) is 0 Å². The Morgan fingerprint density at radius 1 is 1.22 bits per heavy atom. The summed E-state index contributed by atoms with van der Waals surface area (Å²) in [5.41, 5.74) is 0.511. The highest BCUT2D eigenvalue weighted by atomic mass is 35.5. The predicted molar refractivity (Wildman–Crippen MR) is 73.8 cm³/mol. The smallest absolute Gasteiger partial charge is 0.347 e. The second kappa shape index (κ2) is 5.32. The Labute approximate surface area is 121 Å². The molecule has 4 nitrogen and oxygen atoms in total. The van der Waals surface area contributed by atoms with Crippen LogP contribution >= 0.6 is 46.1 Å². The van der Waals surface area contributed by atoms with Crippen molar-refractivity contribution in [3.8, 4) is 0 Å². The number of rotatable bonds is 3. The van der Waals surface area contributed by atoms with Crippen molar-refractivity contribution in [2.45, 2.75) is 0 Å². The molecule has 18 heavy (non-hydrogen) atoms. The summed E-state index contributed by atoms with van der Waals surface area (Å²) < 4.78 is 0. The SMILES string of the molecule is O=C(O)c1cnc(Nc2cc(Cl)c(Cl)cc2Cl)s1. The van der Waals surface area contributed by atoms with E-state index in [-0.39, 0.29) is 4.88 Å². The minimum atomic E-state index is -1.03. The standard InChI is InChI=1S/C10H5Cl3N2O2S/c11-4-1-6(13)7(2-5(4)12)15-10-14-3-8(18-10)9(16)17/h1-3H,(H,14,15)(H,16,17). The lowest BCUT2D eigenvalue weighted by molar-refractivity contribution is 0.0702. The predicted octanol–water partition coefficient (Wildman–Crippen LogP) is 4.55. The zero-order chi connectivity index (χ0) is 13.3. The molecule has 0 aliphatic rings. The average Bonchev–Trinajstić information content (AvgIpc) is 2.74. The van der Waals surface area contributed by atoms with E-state index in [0.717, 1.165) is 11.3 Å². The largest absolute Gasteiger partial charge is 0.477 e. The molecule has 0 fully saturated rings. The molecule has 0 radical (unpaired) electrons. The molecule has 0 saturated carbocycles. The average molecular weight is 324 g/mol. The Kier molecular flexibility index (Phi) is 3.97. The van der Waals surface area contributed by atoms with Crippen LogP contribution in [0.1, 0.15) is 9.67 Å². The van der Waals surface area contributed by atoms with Gasteiger partial charge in [-0.3, -0.25) is 0 Å². The number of thiazole rings is 1. The van der Waals surface area contributed by atoms with Crippen LogP contribution in [0.15, 0.2) is 18.3 Å². The van der Waals surface area contributed by atoms with Crippen molar-refractivity contribution in [1.29, 1.82) is 0 Å². The summed E-state index contributed by atoms with van der Waals surface area (Å²) in [6.07, 6.45) is 1.26. The molecule has 1 aromatic carbocycles. The molecule has 0 aliphatic carbocycles. The number of carboxylic acid groups (broad SMARTS) is 1. The minimum absolute atomic E-state index is 0.133. The van der Waals surface area contributed by atoms with Crippen molar-refractivity contribution < 1.29 is 9.90 Å². The van der Waals surface area contributed by atoms with E-state index in [0.29, 0.717) is 25.9 Å². The number of nitrogens with zero attached hydrogens (tertiary/aromatic N) is 1. The lowest BCUT2D eigenvalue weighted by Crippen LogP contribution is -1.91. The summed E-state index contributed by atoms with van der Waals surface area (Å²) in [5, 5.41) is 13.1. The van der Waals surface area contributed by atoms with Gasteiger partial charge in [-0.15, -0.1) is 0 Å². The third-order valence-electron chi connectivity index (χ3n) is 1.97. The number of benzene rings is 1. The highest BCUT2D eigenvalue weighted by Crippen LogP contribution is 2.34. The molecule has 0 saturated heterocycles. The number of anilines is 2. The molecular formula is C10H5Cl3N2O2S. The monoisotopic (exact) mass is 322 g/mol. The van der Waals surface area contributed by atoms with Crippen molar-refractivity contribution in [1.82, 2.24) is 4.98 Å². The van der Waals surface area contributed by atoms with Gasteiger partial charge in [-0.2, -0.15) is 0 Å². The fourth-order valence-corrected chi connectivity index (χ4v) is 2.43. The first-order valence-corrected chi connectivity index (χ1v) is 6.53. The molecule has 0 spiro atoms. The fourth-order valence-electron chi connectivity index (χ4n) is 1.16. The molecule has 0 unspecified atom stereocenters. The Hall–Kier alpha value is -1.01. The van der Waals surface area contributed by atoms with E-state index in [9.17, 15) is 4.79 Å². The number of halogens is 3. The van der Waals surface area contributed by atoms with Crippen molar-refractivity contribution in [3.63, 3.8) is 0 Å². The first kappa shape index (κ1) is 13.4. The van der Waals surface area contributed by atoms with Crippen LogP contribution in [0.4, 0.5) is 10.8 Å². The van der Waals surface area contributed by atoms with Gasteiger partial charge in [0.15, 0.2) is 5.13 Å². The van der Waals surface area contributed by atoms with Crippen molar-refractivity contribution in [2.24, 2.45) is 0 Å². The van der Waals surface area contributed by atoms with Crippen molar-refractivity contribution >= 4 is 62.9 Å². The molecule has 2 N–H and O–H groups in total. The van der Waals surface area contributed by atoms with E-state index in [1.54, 1.807) is 6.07 Å². The highest BCUT2D eigenvalue weighted by Gasteiger charge is 2.11. The number of nitrogens with one attached hydrogen (secondary N) is 1.